The number of nitrogens with zero attached hydrogens (tertiary/aromatic N) is 1. The Balaban J connectivity index is 1.40. The molecule has 8 heteroatoms. The minimum absolute atomic E-state index is 0.0931. The van der Waals surface area contributed by atoms with Gasteiger partial charge in [-0.1, -0.05) is 78.9 Å². The van der Waals surface area contributed by atoms with E-state index in [1.54, 1.807) is 13.8 Å². The molecule has 0 radical (unpaired) electrons. The molecule has 0 saturated carbocycles. The van der Waals surface area contributed by atoms with E-state index in [-0.39, 0.29) is 32.0 Å². The van der Waals surface area contributed by atoms with Crippen molar-refractivity contribution in [3.05, 3.63) is 95.6 Å². The predicted molar refractivity (Wildman–Crippen MR) is 154 cm³/mol. The Morgan fingerprint density at radius 1 is 0.925 bits per heavy atom. The van der Waals surface area contributed by atoms with Crippen molar-refractivity contribution in [2.75, 3.05) is 26.7 Å². The number of nitrogens with one attached hydrogen (secondary N) is 2. The zero-order valence-corrected chi connectivity index (χ0v) is 23.2. The Bertz CT molecular complexity index is 1300. The van der Waals surface area contributed by atoms with E-state index in [1.807, 2.05) is 66.5 Å². The molecular formula is C32H37N3O5. The maximum atomic E-state index is 13.2. The summed E-state index contributed by atoms with van der Waals surface area (Å²) in [4.78, 5) is 39.5. The summed E-state index contributed by atoms with van der Waals surface area (Å²) in [7, 11) is 1.88. The predicted octanol–water partition coefficient (Wildman–Crippen LogP) is 4.64. The number of likely N-dealkylation sites (N-methyl/N-ethyl adjacent to an activating group) is 1. The third-order valence-corrected chi connectivity index (χ3v) is 7.37. The number of alkyl carbamates (subject to hydrolysis) is 1. The highest BCUT2D eigenvalue weighted by Gasteiger charge is 2.31. The lowest BCUT2D eigenvalue weighted by Crippen LogP contribution is -2.52. The third-order valence-electron chi connectivity index (χ3n) is 7.37. The summed E-state index contributed by atoms with van der Waals surface area (Å²) in [6.45, 7) is 4.36. The molecule has 1 unspecified atom stereocenters. The molecule has 1 aliphatic rings. The van der Waals surface area contributed by atoms with Crippen LogP contribution in [-0.4, -0.2) is 60.8 Å². The van der Waals surface area contributed by atoms with Crippen LogP contribution in [0.4, 0.5) is 4.79 Å². The standard InChI is InChI=1S/C32H37N3O5/c1-32(2,30(37)38)17-18-33-29(36)28(20-35(3)19-22-11-5-4-6-12-22)34-31(39)40-21-27-25-15-9-7-13-23(25)24-14-8-10-16-26(24)27/h4-16,27-28H,17-21H2,1-3H3,(H,33,36)(H,34,39)(H,37,38). The van der Waals surface area contributed by atoms with Gasteiger partial charge in [-0.25, -0.2) is 4.79 Å². The molecule has 0 spiro atoms. The summed E-state index contributed by atoms with van der Waals surface area (Å²) in [6.07, 6.45) is -0.424. The number of amides is 2. The Morgan fingerprint density at radius 3 is 2.10 bits per heavy atom. The van der Waals surface area contributed by atoms with E-state index in [1.165, 1.54) is 0 Å². The van der Waals surface area contributed by atoms with Crippen LogP contribution < -0.4 is 10.6 Å². The second-order valence-electron chi connectivity index (χ2n) is 10.9. The van der Waals surface area contributed by atoms with Crippen molar-refractivity contribution in [2.45, 2.75) is 38.8 Å². The summed E-state index contributed by atoms with van der Waals surface area (Å²) >= 11 is 0. The van der Waals surface area contributed by atoms with E-state index in [0.29, 0.717) is 6.54 Å². The number of carboxylic acid groups (broad SMARTS) is 1. The van der Waals surface area contributed by atoms with Crippen molar-refractivity contribution in [1.82, 2.24) is 15.5 Å². The highest BCUT2D eigenvalue weighted by molar-refractivity contribution is 5.86. The van der Waals surface area contributed by atoms with E-state index in [2.05, 4.69) is 34.9 Å². The van der Waals surface area contributed by atoms with Gasteiger partial charge >= 0.3 is 12.1 Å². The maximum absolute atomic E-state index is 13.2. The van der Waals surface area contributed by atoms with Gasteiger partial charge < -0.3 is 20.5 Å². The first kappa shape index (κ1) is 28.8. The average Bonchev–Trinajstić information content (AvgIpc) is 3.25. The van der Waals surface area contributed by atoms with Crippen molar-refractivity contribution in [1.29, 1.82) is 0 Å². The van der Waals surface area contributed by atoms with Crippen LogP contribution in [0.5, 0.6) is 0 Å². The monoisotopic (exact) mass is 543 g/mol. The molecule has 1 aliphatic carbocycles. The second-order valence-corrected chi connectivity index (χ2v) is 10.9. The number of hydrogen-bond donors (Lipinski definition) is 3. The molecule has 2 amide bonds. The van der Waals surface area contributed by atoms with Crippen LogP contribution in [0.1, 0.15) is 42.9 Å². The zero-order chi connectivity index (χ0) is 28.7. The third kappa shape index (κ3) is 7.07. The molecule has 3 aromatic carbocycles. The minimum atomic E-state index is -0.979. The molecule has 0 bridgehead atoms. The summed E-state index contributed by atoms with van der Waals surface area (Å²) in [6, 6.07) is 25.1. The molecule has 0 heterocycles. The van der Waals surface area contributed by atoms with E-state index >= 15 is 0 Å². The van der Waals surface area contributed by atoms with Crippen molar-refractivity contribution in [2.24, 2.45) is 5.41 Å². The molecule has 0 fully saturated rings. The number of carbonyl (C=O) groups excluding carboxylic acids is 2. The van der Waals surface area contributed by atoms with Crippen molar-refractivity contribution >= 4 is 18.0 Å². The maximum Gasteiger partial charge on any atom is 0.407 e. The molecule has 4 rings (SSSR count). The van der Waals surface area contributed by atoms with E-state index in [0.717, 1.165) is 27.8 Å². The number of ether oxygens (including phenoxy) is 1. The Labute approximate surface area is 235 Å². The van der Waals surface area contributed by atoms with Gasteiger partial charge in [0, 0.05) is 25.6 Å². The van der Waals surface area contributed by atoms with Crippen LogP contribution in [0.15, 0.2) is 78.9 Å². The van der Waals surface area contributed by atoms with Gasteiger partial charge in [0.25, 0.3) is 0 Å². The van der Waals surface area contributed by atoms with Crippen molar-refractivity contribution in [3.8, 4) is 11.1 Å². The molecular weight excluding hydrogens is 506 g/mol. The molecule has 210 valence electrons. The fourth-order valence-corrected chi connectivity index (χ4v) is 4.98. The Morgan fingerprint density at radius 2 is 1.50 bits per heavy atom. The normalized spacial score (nSPS) is 13.3. The van der Waals surface area contributed by atoms with Gasteiger partial charge in [-0.05, 0) is 55.1 Å². The van der Waals surface area contributed by atoms with E-state index in [4.69, 9.17) is 4.74 Å². The number of benzene rings is 3. The van der Waals surface area contributed by atoms with Crippen LogP contribution in [0.25, 0.3) is 11.1 Å². The fraction of sp³-hybridized carbons (Fsp3) is 0.344. The molecule has 0 aromatic heterocycles. The summed E-state index contributed by atoms with van der Waals surface area (Å²) in [5, 5.41) is 14.9. The quantitative estimate of drug-likeness (QED) is 0.307. The molecule has 40 heavy (non-hydrogen) atoms. The van der Waals surface area contributed by atoms with E-state index in [9.17, 15) is 19.5 Å². The highest BCUT2D eigenvalue weighted by Crippen LogP contribution is 2.44. The van der Waals surface area contributed by atoms with Gasteiger partial charge in [-0.15, -0.1) is 0 Å². The second kappa shape index (κ2) is 12.8. The number of fused-ring (bicyclic) bond motifs is 3. The van der Waals surface area contributed by atoms with Crippen LogP contribution in [0, 0.1) is 5.41 Å². The summed E-state index contributed by atoms with van der Waals surface area (Å²) in [5.41, 5.74) is 4.58. The van der Waals surface area contributed by atoms with Gasteiger partial charge in [0.05, 0.1) is 5.41 Å². The first-order valence-corrected chi connectivity index (χ1v) is 13.5. The highest BCUT2D eigenvalue weighted by atomic mass is 16.5. The Kier molecular flexibility index (Phi) is 9.22. The molecule has 1 atom stereocenters. The lowest BCUT2D eigenvalue weighted by Gasteiger charge is -2.25. The average molecular weight is 544 g/mol. The van der Waals surface area contributed by atoms with Gasteiger partial charge in [-0.2, -0.15) is 0 Å². The van der Waals surface area contributed by atoms with Crippen molar-refractivity contribution < 1.29 is 24.2 Å². The smallest absolute Gasteiger partial charge is 0.407 e. The molecule has 0 aliphatic heterocycles. The van der Waals surface area contributed by atoms with Crippen LogP contribution in [-0.2, 0) is 20.9 Å². The van der Waals surface area contributed by atoms with Gasteiger partial charge in [-0.3, -0.25) is 14.5 Å². The molecule has 8 nitrogen and oxygen atoms in total. The van der Waals surface area contributed by atoms with Gasteiger partial charge in [0.2, 0.25) is 5.91 Å². The van der Waals surface area contributed by atoms with Crippen LogP contribution >= 0.6 is 0 Å². The number of rotatable bonds is 12. The first-order valence-electron chi connectivity index (χ1n) is 13.5. The largest absolute Gasteiger partial charge is 0.481 e. The van der Waals surface area contributed by atoms with Crippen LogP contribution in [0.3, 0.4) is 0 Å². The first-order chi connectivity index (χ1) is 19.2. The topological polar surface area (TPSA) is 108 Å². The fourth-order valence-electron chi connectivity index (χ4n) is 4.98. The van der Waals surface area contributed by atoms with Crippen molar-refractivity contribution in [3.63, 3.8) is 0 Å². The Hall–Kier alpha value is -4.17. The molecule has 3 N–H and O–H groups in total. The number of hydrogen-bond acceptors (Lipinski definition) is 5. The lowest BCUT2D eigenvalue weighted by atomic mass is 9.90. The van der Waals surface area contributed by atoms with Gasteiger partial charge in [0.15, 0.2) is 0 Å². The summed E-state index contributed by atoms with van der Waals surface area (Å²) < 4.78 is 5.68. The summed E-state index contributed by atoms with van der Waals surface area (Å²) in [5.74, 6) is -1.42. The number of carbonyl (C=O) groups is 3. The van der Waals surface area contributed by atoms with E-state index < -0.39 is 29.4 Å². The molecule has 3 aromatic rings. The minimum Gasteiger partial charge on any atom is -0.481 e. The SMILES string of the molecule is CN(Cc1ccccc1)CC(NC(=O)OCC1c2ccccc2-c2ccccc21)C(=O)NCCC(C)(C)C(=O)O. The number of carboxylic acids is 1. The number of aliphatic carboxylic acids is 1. The molecule has 0 saturated heterocycles. The lowest BCUT2D eigenvalue weighted by molar-refractivity contribution is -0.147. The van der Waals surface area contributed by atoms with Gasteiger partial charge in [0.1, 0.15) is 12.6 Å². The van der Waals surface area contributed by atoms with Crippen LogP contribution in [0.2, 0.25) is 0 Å². The zero-order valence-electron chi connectivity index (χ0n) is 23.2.